The van der Waals surface area contributed by atoms with Crippen molar-refractivity contribution in [2.75, 3.05) is 7.11 Å². The molecule has 94 valence electrons. The van der Waals surface area contributed by atoms with Gasteiger partial charge >= 0.3 is 5.97 Å². The Labute approximate surface area is 101 Å². The zero-order chi connectivity index (χ0) is 13.1. The molecule has 0 saturated carbocycles. The van der Waals surface area contributed by atoms with Crippen LogP contribution in [0.4, 0.5) is 4.39 Å². The van der Waals surface area contributed by atoms with E-state index in [2.05, 4.69) is 0 Å². The Morgan fingerprint density at radius 2 is 2.00 bits per heavy atom. The predicted molar refractivity (Wildman–Crippen MR) is 62.5 cm³/mol. The number of para-hydroxylation sites is 1. The number of carbonyl (C=O) groups is 1. The maximum absolute atomic E-state index is 13.4. The number of methoxy groups -OCH3 is 1. The van der Waals surface area contributed by atoms with Crippen molar-refractivity contribution in [3.8, 4) is 5.75 Å². The number of carbonyl (C=O) groups excluding carboxylic acids is 1. The molecule has 0 aromatic heterocycles. The first-order valence-electron chi connectivity index (χ1n) is 5.36. The molecule has 1 aromatic rings. The molecule has 4 heteroatoms. The van der Waals surface area contributed by atoms with Gasteiger partial charge in [-0.2, -0.15) is 0 Å². The van der Waals surface area contributed by atoms with E-state index in [0.29, 0.717) is 5.56 Å². The van der Waals surface area contributed by atoms with Gasteiger partial charge in [-0.3, -0.25) is 4.79 Å². The lowest BCUT2D eigenvalue weighted by Gasteiger charge is -2.19. The average Bonchev–Trinajstić information content (AvgIpc) is 2.14. The molecular weight excluding hydrogens is 223 g/mol. The van der Waals surface area contributed by atoms with Crippen LogP contribution in [0.3, 0.4) is 0 Å². The molecule has 1 rings (SSSR count). The van der Waals surface area contributed by atoms with Crippen molar-refractivity contribution >= 4 is 5.97 Å². The smallest absolute Gasteiger partial charge is 0.310 e. The van der Waals surface area contributed by atoms with E-state index in [0.717, 1.165) is 0 Å². The summed E-state index contributed by atoms with van der Waals surface area (Å²) in [6.45, 7) is 5.36. The first-order valence-corrected chi connectivity index (χ1v) is 5.36. The van der Waals surface area contributed by atoms with E-state index in [1.807, 2.05) is 0 Å². The molecule has 0 aliphatic rings. The molecule has 0 atom stereocenters. The van der Waals surface area contributed by atoms with E-state index in [4.69, 9.17) is 9.47 Å². The largest absolute Gasteiger partial charge is 0.493 e. The van der Waals surface area contributed by atoms with Gasteiger partial charge in [0, 0.05) is 5.56 Å². The minimum absolute atomic E-state index is 0.00178. The molecule has 17 heavy (non-hydrogen) atoms. The summed E-state index contributed by atoms with van der Waals surface area (Å²) in [5, 5.41) is 0. The minimum Gasteiger partial charge on any atom is -0.493 e. The second-order valence-electron chi connectivity index (χ2n) is 4.70. The van der Waals surface area contributed by atoms with Crippen LogP contribution in [-0.2, 0) is 16.0 Å². The fraction of sp³-hybridized carbons (Fsp3) is 0.462. The fourth-order valence-electron chi connectivity index (χ4n) is 1.45. The number of esters is 1. The average molecular weight is 240 g/mol. The fourth-order valence-corrected chi connectivity index (χ4v) is 1.45. The molecule has 0 fully saturated rings. The number of ether oxygens (including phenoxy) is 2. The molecule has 3 nitrogen and oxygen atoms in total. The number of rotatable bonds is 3. The highest BCUT2D eigenvalue weighted by Gasteiger charge is 2.19. The molecule has 0 bridgehead atoms. The SMILES string of the molecule is COc1c(F)cccc1CC(=O)OC(C)(C)C. The van der Waals surface area contributed by atoms with Crippen LogP contribution in [0.15, 0.2) is 18.2 Å². The third kappa shape index (κ3) is 4.06. The van der Waals surface area contributed by atoms with Gasteiger partial charge in [0.05, 0.1) is 13.5 Å². The van der Waals surface area contributed by atoms with Crippen LogP contribution in [0.1, 0.15) is 26.3 Å². The van der Waals surface area contributed by atoms with Crippen LogP contribution in [0.25, 0.3) is 0 Å². The summed E-state index contributed by atoms with van der Waals surface area (Å²) in [5.41, 5.74) is -0.0563. The Morgan fingerprint density at radius 3 is 2.53 bits per heavy atom. The van der Waals surface area contributed by atoms with E-state index in [1.165, 1.54) is 19.2 Å². The minimum atomic E-state index is -0.544. The van der Waals surface area contributed by atoms with Crippen molar-refractivity contribution in [2.45, 2.75) is 32.8 Å². The lowest BCUT2D eigenvalue weighted by molar-refractivity contribution is -0.153. The third-order valence-electron chi connectivity index (χ3n) is 2.01. The van der Waals surface area contributed by atoms with Gasteiger partial charge in [-0.05, 0) is 26.8 Å². The number of benzene rings is 1. The number of hydrogen-bond acceptors (Lipinski definition) is 3. The van der Waals surface area contributed by atoms with E-state index in [-0.39, 0.29) is 12.2 Å². The Balaban J connectivity index is 2.82. The molecule has 0 spiro atoms. The van der Waals surface area contributed by atoms with Gasteiger partial charge in [-0.15, -0.1) is 0 Å². The first-order chi connectivity index (χ1) is 7.83. The first kappa shape index (κ1) is 13.5. The van der Waals surface area contributed by atoms with Crippen LogP contribution in [0, 0.1) is 5.82 Å². The van der Waals surface area contributed by atoms with Gasteiger partial charge in [0.1, 0.15) is 5.60 Å². The van der Waals surface area contributed by atoms with Crippen LogP contribution in [0.2, 0.25) is 0 Å². The molecule has 0 amide bonds. The summed E-state index contributed by atoms with van der Waals surface area (Å²) in [7, 11) is 1.37. The van der Waals surface area contributed by atoms with Crippen molar-refractivity contribution in [1.29, 1.82) is 0 Å². The third-order valence-corrected chi connectivity index (χ3v) is 2.01. The molecular formula is C13H17FO3. The highest BCUT2D eigenvalue weighted by Crippen LogP contribution is 2.23. The van der Waals surface area contributed by atoms with Crippen molar-refractivity contribution < 1.29 is 18.7 Å². The van der Waals surface area contributed by atoms with E-state index < -0.39 is 17.4 Å². The highest BCUT2D eigenvalue weighted by atomic mass is 19.1. The van der Waals surface area contributed by atoms with E-state index in [1.54, 1.807) is 26.8 Å². The topological polar surface area (TPSA) is 35.5 Å². The number of halogens is 1. The summed E-state index contributed by atoms with van der Waals surface area (Å²) in [5.74, 6) is -0.784. The molecule has 0 heterocycles. The maximum Gasteiger partial charge on any atom is 0.310 e. The van der Waals surface area contributed by atoms with Crippen LogP contribution >= 0.6 is 0 Å². The zero-order valence-electron chi connectivity index (χ0n) is 10.5. The van der Waals surface area contributed by atoms with Gasteiger partial charge < -0.3 is 9.47 Å². The molecule has 0 aliphatic carbocycles. The molecule has 0 radical (unpaired) electrons. The quantitative estimate of drug-likeness (QED) is 0.762. The Bertz CT molecular complexity index is 408. The summed E-state index contributed by atoms with van der Waals surface area (Å²) in [6, 6.07) is 4.47. The Kier molecular flexibility index (Phi) is 4.10. The van der Waals surface area contributed by atoms with Crippen LogP contribution in [-0.4, -0.2) is 18.7 Å². The van der Waals surface area contributed by atoms with Gasteiger partial charge in [-0.25, -0.2) is 4.39 Å². The van der Waals surface area contributed by atoms with Crippen molar-refractivity contribution in [3.63, 3.8) is 0 Å². The lowest BCUT2D eigenvalue weighted by atomic mass is 10.1. The monoisotopic (exact) mass is 240 g/mol. The van der Waals surface area contributed by atoms with Gasteiger partial charge in [0.2, 0.25) is 0 Å². The Hall–Kier alpha value is -1.58. The second-order valence-corrected chi connectivity index (χ2v) is 4.70. The van der Waals surface area contributed by atoms with Crippen molar-refractivity contribution in [3.05, 3.63) is 29.6 Å². The maximum atomic E-state index is 13.4. The van der Waals surface area contributed by atoms with E-state index >= 15 is 0 Å². The van der Waals surface area contributed by atoms with Crippen LogP contribution < -0.4 is 4.74 Å². The van der Waals surface area contributed by atoms with Crippen molar-refractivity contribution in [2.24, 2.45) is 0 Å². The van der Waals surface area contributed by atoms with E-state index in [9.17, 15) is 9.18 Å². The summed E-state index contributed by atoms with van der Waals surface area (Å²) in [4.78, 5) is 11.6. The standard InChI is InChI=1S/C13H17FO3/c1-13(2,3)17-11(15)8-9-6-5-7-10(14)12(9)16-4/h5-7H,8H2,1-4H3. The highest BCUT2D eigenvalue weighted by molar-refractivity contribution is 5.74. The number of hydrogen-bond donors (Lipinski definition) is 0. The normalized spacial score (nSPS) is 11.1. The van der Waals surface area contributed by atoms with Gasteiger partial charge in [-0.1, -0.05) is 12.1 Å². The molecule has 0 aliphatic heterocycles. The predicted octanol–water partition coefficient (Wildman–Crippen LogP) is 2.72. The summed E-state index contributed by atoms with van der Waals surface area (Å²) in [6.07, 6.45) is -0.00178. The van der Waals surface area contributed by atoms with Crippen LogP contribution in [0.5, 0.6) is 5.75 Å². The van der Waals surface area contributed by atoms with Gasteiger partial charge in [0.15, 0.2) is 11.6 Å². The molecule has 0 N–H and O–H groups in total. The lowest BCUT2D eigenvalue weighted by Crippen LogP contribution is -2.25. The summed E-state index contributed by atoms with van der Waals surface area (Å²) < 4.78 is 23.5. The van der Waals surface area contributed by atoms with Crippen molar-refractivity contribution in [1.82, 2.24) is 0 Å². The second kappa shape index (κ2) is 5.17. The molecule has 0 saturated heterocycles. The Morgan fingerprint density at radius 1 is 1.35 bits per heavy atom. The molecule has 0 unspecified atom stereocenters. The summed E-state index contributed by atoms with van der Waals surface area (Å²) >= 11 is 0. The zero-order valence-corrected chi connectivity index (χ0v) is 10.5. The molecule has 1 aromatic carbocycles. The van der Waals surface area contributed by atoms with Gasteiger partial charge in [0.25, 0.3) is 0 Å².